The molecule has 0 aromatic carbocycles. The first kappa shape index (κ1) is 11.1. The summed E-state index contributed by atoms with van der Waals surface area (Å²) in [5.41, 5.74) is 1.57. The molecule has 0 fully saturated rings. The molecule has 0 N–H and O–H groups in total. The van der Waals surface area contributed by atoms with Crippen LogP contribution < -0.4 is 0 Å². The van der Waals surface area contributed by atoms with E-state index in [4.69, 9.17) is 0 Å². The third-order valence-corrected chi connectivity index (χ3v) is 1.24. The maximum atomic E-state index is 12.0. The fraction of sp³-hybridized carbons (Fsp3) is 0.444. The quantitative estimate of drug-likeness (QED) is 0.445. The molecule has 0 aliphatic carbocycles. The van der Waals surface area contributed by atoms with Gasteiger partial charge in [0, 0.05) is 0 Å². The van der Waals surface area contributed by atoms with Gasteiger partial charge in [0.1, 0.15) is 0 Å². The molecule has 68 valence electrons. The number of allylic oxidation sites excluding steroid dienone is 3. The van der Waals surface area contributed by atoms with Crippen molar-refractivity contribution < 1.29 is 13.2 Å². The minimum atomic E-state index is -4.24. The molecule has 0 amide bonds. The van der Waals surface area contributed by atoms with Crippen molar-refractivity contribution in [2.45, 2.75) is 26.4 Å². The molecule has 0 saturated heterocycles. The van der Waals surface area contributed by atoms with Gasteiger partial charge in [-0.15, -0.1) is 5.73 Å². The van der Waals surface area contributed by atoms with Gasteiger partial charge in [-0.25, -0.2) is 0 Å². The summed E-state index contributed by atoms with van der Waals surface area (Å²) in [5, 5.41) is 0. The number of alkyl halides is 3. The van der Waals surface area contributed by atoms with Gasteiger partial charge in [-0.2, -0.15) is 13.2 Å². The summed E-state index contributed by atoms with van der Waals surface area (Å²) >= 11 is 0. The van der Waals surface area contributed by atoms with Gasteiger partial charge in [0.25, 0.3) is 0 Å². The van der Waals surface area contributed by atoms with Crippen molar-refractivity contribution in [2.24, 2.45) is 0 Å². The molecule has 0 aliphatic heterocycles. The van der Waals surface area contributed by atoms with Crippen LogP contribution in [0.2, 0.25) is 0 Å². The number of hydrogen-bond acceptors (Lipinski definition) is 0. The topological polar surface area (TPSA) is 0 Å². The highest BCUT2D eigenvalue weighted by atomic mass is 19.4. The Morgan fingerprint density at radius 2 is 2.00 bits per heavy atom. The second-order valence-electron chi connectivity index (χ2n) is 2.17. The highest BCUT2D eigenvalue weighted by Gasteiger charge is 2.31. The SMILES string of the molecule is C/C=C/C=C=C(CC)C(F)(F)F. The van der Waals surface area contributed by atoms with Crippen molar-refractivity contribution in [2.75, 3.05) is 0 Å². The lowest BCUT2D eigenvalue weighted by Crippen LogP contribution is -2.09. The molecule has 0 aliphatic rings. The van der Waals surface area contributed by atoms with Gasteiger partial charge in [-0.1, -0.05) is 19.1 Å². The molecule has 0 spiro atoms. The summed E-state index contributed by atoms with van der Waals surface area (Å²) < 4.78 is 36.0. The zero-order valence-electron chi connectivity index (χ0n) is 7.07. The molecule has 0 unspecified atom stereocenters. The molecule has 0 atom stereocenters. The summed E-state index contributed by atoms with van der Waals surface area (Å²) in [7, 11) is 0. The maximum Gasteiger partial charge on any atom is 0.419 e. The lowest BCUT2D eigenvalue weighted by atomic mass is 10.2. The van der Waals surface area contributed by atoms with Crippen LogP contribution in [0.1, 0.15) is 20.3 Å². The highest BCUT2D eigenvalue weighted by molar-refractivity contribution is 5.12. The van der Waals surface area contributed by atoms with Crippen molar-refractivity contribution >= 4 is 0 Å². The van der Waals surface area contributed by atoms with Crippen LogP contribution in [0.5, 0.6) is 0 Å². The van der Waals surface area contributed by atoms with Crippen molar-refractivity contribution in [1.82, 2.24) is 0 Å². The molecule has 0 nitrogen and oxygen atoms in total. The summed E-state index contributed by atoms with van der Waals surface area (Å²) in [4.78, 5) is 0. The van der Waals surface area contributed by atoms with E-state index < -0.39 is 11.7 Å². The monoisotopic (exact) mass is 176 g/mol. The van der Waals surface area contributed by atoms with Gasteiger partial charge in [0.05, 0.1) is 5.57 Å². The van der Waals surface area contributed by atoms with E-state index in [-0.39, 0.29) is 6.42 Å². The average Bonchev–Trinajstić information content (AvgIpc) is 1.95. The van der Waals surface area contributed by atoms with Crippen LogP contribution in [0.15, 0.2) is 29.5 Å². The van der Waals surface area contributed by atoms with Gasteiger partial charge in [-0.05, 0) is 19.4 Å². The first-order chi connectivity index (χ1) is 5.52. The minimum absolute atomic E-state index is 0.0441. The predicted octanol–water partition coefficient (Wildman–Crippen LogP) is 3.62. The van der Waals surface area contributed by atoms with Crippen LogP contribution in [0, 0.1) is 0 Å². The van der Waals surface area contributed by atoms with Crippen molar-refractivity contribution in [3.63, 3.8) is 0 Å². The highest BCUT2D eigenvalue weighted by Crippen LogP contribution is 2.26. The molecular weight excluding hydrogens is 165 g/mol. The Morgan fingerprint density at radius 3 is 2.33 bits per heavy atom. The van der Waals surface area contributed by atoms with Crippen LogP contribution in [-0.2, 0) is 0 Å². The molecule has 0 bridgehead atoms. The van der Waals surface area contributed by atoms with E-state index in [1.165, 1.54) is 19.1 Å². The zero-order valence-corrected chi connectivity index (χ0v) is 7.07. The third-order valence-electron chi connectivity index (χ3n) is 1.24. The van der Waals surface area contributed by atoms with Gasteiger partial charge in [0.2, 0.25) is 0 Å². The van der Waals surface area contributed by atoms with E-state index in [9.17, 15) is 13.2 Å². The Hall–Kier alpha value is -0.950. The van der Waals surface area contributed by atoms with Gasteiger partial charge >= 0.3 is 6.18 Å². The number of rotatable bonds is 2. The fourth-order valence-electron chi connectivity index (χ4n) is 0.629. The summed E-state index contributed by atoms with van der Waals surface area (Å²) in [6, 6.07) is 0. The van der Waals surface area contributed by atoms with Gasteiger partial charge < -0.3 is 0 Å². The molecule has 3 heteroatoms. The molecule has 0 heterocycles. The predicted molar refractivity (Wildman–Crippen MR) is 42.8 cm³/mol. The fourth-order valence-corrected chi connectivity index (χ4v) is 0.629. The molecule has 0 aromatic rings. The molecule has 12 heavy (non-hydrogen) atoms. The molecule has 0 radical (unpaired) electrons. The van der Waals surface area contributed by atoms with E-state index in [1.54, 1.807) is 13.0 Å². The van der Waals surface area contributed by atoms with E-state index in [0.717, 1.165) is 0 Å². The maximum absolute atomic E-state index is 12.0. The summed E-state index contributed by atoms with van der Waals surface area (Å²) in [5.74, 6) is 0. The standard InChI is InChI=1S/C9H11F3/c1-3-5-6-7-8(4-2)9(10,11)12/h3,5-6H,4H2,1-2H3/b5-3+. The van der Waals surface area contributed by atoms with E-state index in [1.807, 2.05) is 0 Å². The van der Waals surface area contributed by atoms with Crippen LogP contribution in [0.4, 0.5) is 13.2 Å². The Kier molecular flexibility index (Phi) is 4.45. The van der Waals surface area contributed by atoms with E-state index in [0.29, 0.717) is 0 Å². The third kappa shape index (κ3) is 4.04. The van der Waals surface area contributed by atoms with Crippen LogP contribution in [0.25, 0.3) is 0 Å². The van der Waals surface area contributed by atoms with Crippen molar-refractivity contribution in [3.8, 4) is 0 Å². The largest absolute Gasteiger partial charge is 0.419 e. The Labute approximate surface area is 70.1 Å². The number of halogens is 3. The molecular formula is C9H11F3. The van der Waals surface area contributed by atoms with Crippen LogP contribution in [-0.4, -0.2) is 6.18 Å². The lowest BCUT2D eigenvalue weighted by molar-refractivity contribution is -0.0933. The second-order valence-corrected chi connectivity index (χ2v) is 2.17. The van der Waals surface area contributed by atoms with Crippen LogP contribution >= 0.6 is 0 Å². The molecule has 0 aromatic heterocycles. The molecule has 0 saturated carbocycles. The zero-order chi connectivity index (χ0) is 9.61. The summed E-state index contributed by atoms with van der Waals surface area (Å²) in [6.45, 7) is 3.19. The molecule has 0 rings (SSSR count). The van der Waals surface area contributed by atoms with Crippen LogP contribution in [0.3, 0.4) is 0 Å². The Balaban J connectivity index is 4.66. The van der Waals surface area contributed by atoms with Gasteiger partial charge in [-0.3, -0.25) is 0 Å². The first-order valence-corrected chi connectivity index (χ1v) is 3.66. The van der Waals surface area contributed by atoms with E-state index in [2.05, 4.69) is 5.73 Å². The van der Waals surface area contributed by atoms with Gasteiger partial charge in [0.15, 0.2) is 0 Å². The Morgan fingerprint density at radius 1 is 1.42 bits per heavy atom. The van der Waals surface area contributed by atoms with Crippen molar-refractivity contribution in [1.29, 1.82) is 0 Å². The normalized spacial score (nSPS) is 11.4. The smallest absolute Gasteiger partial charge is 0.166 e. The van der Waals surface area contributed by atoms with Crippen molar-refractivity contribution in [3.05, 3.63) is 29.5 Å². The minimum Gasteiger partial charge on any atom is -0.166 e. The second kappa shape index (κ2) is 4.83. The number of hydrogen-bond donors (Lipinski definition) is 0. The van der Waals surface area contributed by atoms with E-state index >= 15 is 0 Å². The lowest BCUT2D eigenvalue weighted by Gasteiger charge is -2.04. The average molecular weight is 176 g/mol. The summed E-state index contributed by atoms with van der Waals surface area (Å²) in [6.07, 6.45) is 0.148. The first-order valence-electron chi connectivity index (χ1n) is 3.66. The Bertz CT molecular complexity index is 214.